The molecule has 1 N–H and O–H groups in total. The summed E-state index contributed by atoms with van der Waals surface area (Å²) in [6.07, 6.45) is 6.26. The average molecular weight is 121 g/mol. The van der Waals surface area contributed by atoms with E-state index in [1.807, 2.05) is 0 Å². The zero-order chi connectivity index (χ0) is 6.95. The molecule has 0 fully saturated rings. The van der Waals surface area contributed by atoms with Crippen molar-refractivity contribution in [3.05, 3.63) is 31.4 Å². The highest BCUT2D eigenvalue weighted by Gasteiger charge is 1.56. The highest BCUT2D eigenvalue weighted by atomic mass is 14.8. The van der Waals surface area contributed by atoms with Crippen LogP contribution in [0.3, 0.4) is 0 Å². The normalized spacial score (nSPS) is 6.11. The van der Waals surface area contributed by atoms with E-state index in [1.54, 1.807) is 24.8 Å². The molecule has 46 valence electrons. The molecule has 1 rings (SSSR count). The molecule has 9 heavy (non-hydrogen) atoms. The van der Waals surface area contributed by atoms with Crippen molar-refractivity contribution in [3.63, 3.8) is 0 Å². The highest BCUT2D eigenvalue weighted by molar-refractivity contribution is 4.93. The van der Waals surface area contributed by atoms with Gasteiger partial charge in [-0.05, 0) is 0 Å². The van der Waals surface area contributed by atoms with E-state index in [1.165, 1.54) is 6.08 Å². The van der Waals surface area contributed by atoms with Gasteiger partial charge in [-0.15, -0.1) is 0 Å². The number of imidazole rings is 1. The number of hydrogen-bond donors (Lipinski definition) is 1. The van der Waals surface area contributed by atoms with Crippen molar-refractivity contribution < 1.29 is 0 Å². The van der Waals surface area contributed by atoms with Crippen LogP contribution < -0.4 is 0 Å². The van der Waals surface area contributed by atoms with Gasteiger partial charge in [-0.25, -0.2) is 4.98 Å². The molecule has 0 saturated carbocycles. The number of nitrogens with one attached hydrogen (secondary N) is 1. The zero-order valence-electron chi connectivity index (χ0n) is 4.91. The molecule has 0 aliphatic rings. The van der Waals surface area contributed by atoms with Gasteiger partial charge in [-0.2, -0.15) is 5.26 Å². The molecule has 3 nitrogen and oxygen atoms in total. The van der Waals surface area contributed by atoms with Gasteiger partial charge in [-0.1, -0.05) is 6.58 Å². The third-order valence-corrected chi connectivity index (χ3v) is 0.497. The summed E-state index contributed by atoms with van der Waals surface area (Å²) >= 11 is 0. The second-order valence-corrected chi connectivity index (χ2v) is 1.09. The Balaban J connectivity index is 0.000000148. The summed E-state index contributed by atoms with van der Waals surface area (Å²) in [5.41, 5.74) is 0. The Kier molecular flexibility index (Phi) is 5.32. The minimum Gasteiger partial charge on any atom is -0.351 e. The smallest absolute Gasteiger partial charge is 0.0919 e. The summed E-state index contributed by atoms with van der Waals surface area (Å²) in [5.74, 6) is 0. The number of rotatable bonds is 0. The maximum Gasteiger partial charge on any atom is 0.0919 e. The second kappa shape index (κ2) is 6.44. The van der Waals surface area contributed by atoms with Gasteiger partial charge >= 0.3 is 0 Å². The Hall–Kier alpha value is -1.56. The minimum absolute atomic E-state index is 1.18. The molecule has 0 unspecified atom stereocenters. The molecule has 0 amide bonds. The van der Waals surface area contributed by atoms with Gasteiger partial charge in [0.15, 0.2) is 0 Å². The molecule has 0 bridgehead atoms. The molecule has 1 aromatic heterocycles. The van der Waals surface area contributed by atoms with Crippen molar-refractivity contribution in [3.8, 4) is 6.07 Å². The van der Waals surface area contributed by atoms with Gasteiger partial charge in [0.1, 0.15) is 0 Å². The molecular formula is C6H7N3. The van der Waals surface area contributed by atoms with E-state index in [-0.39, 0.29) is 0 Å². The highest BCUT2D eigenvalue weighted by Crippen LogP contribution is 1.62. The number of aromatic amines is 1. The summed E-state index contributed by atoms with van der Waals surface area (Å²) in [6, 6.07) is 1.69. The molecule has 0 atom stereocenters. The van der Waals surface area contributed by atoms with Crippen LogP contribution in [-0.4, -0.2) is 9.97 Å². The van der Waals surface area contributed by atoms with Crippen molar-refractivity contribution in [2.24, 2.45) is 0 Å². The zero-order valence-corrected chi connectivity index (χ0v) is 4.91. The molecule has 3 heteroatoms. The molecule has 0 saturated heterocycles. The lowest BCUT2D eigenvalue weighted by atomic mass is 10.8. The van der Waals surface area contributed by atoms with Gasteiger partial charge in [-0.3, -0.25) is 0 Å². The van der Waals surface area contributed by atoms with E-state index in [0.29, 0.717) is 0 Å². The Bertz CT molecular complexity index is 153. The van der Waals surface area contributed by atoms with Gasteiger partial charge < -0.3 is 4.98 Å². The SMILES string of the molecule is C=CC#N.c1c[nH]cn1. The van der Waals surface area contributed by atoms with Crippen LogP contribution in [0.25, 0.3) is 0 Å². The van der Waals surface area contributed by atoms with E-state index in [4.69, 9.17) is 5.26 Å². The number of allylic oxidation sites excluding steroid dienone is 1. The standard InChI is InChI=1S/C3H4N2.C3H3N/c1-2-5-3-4-1;1-2-3-4/h1-3H,(H,4,5);2H,1H2. The maximum absolute atomic E-state index is 7.51. The average Bonchev–Trinajstić information content (AvgIpc) is 2.43. The quantitative estimate of drug-likeness (QED) is 0.522. The van der Waals surface area contributed by atoms with E-state index in [0.717, 1.165) is 0 Å². The Morgan fingerprint density at radius 2 is 2.44 bits per heavy atom. The first-order valence-corrected chi connectivity index (χ1v) is 2.35. The predicted molar refractivity (Wildman–Crippen MR) is 34.4 cm³/mol. The Labute approximate surface area is 53.7 Å². The molecule has 0 aromatic carbocycles. The van der Waals surface area contributed by atoms with E-state index in [2.05, 4.69) is 16.5 Å². The first-order chi connectivity index (χ1) is 4.41. The summed E-state index contributed by atoms with van der Waals surface area (Å²) in [5, 5.41) is 7.51. The van der Waals surface area contributed by atoms with Crippen molar-refractivity contribution in [2.75, 3.05) is 0 Å². The number of H-pyrrole nitrogens is 1. The summed E-state index contributed by atoms with van der Waals surface area (Å²) in [7, 11) is 0. The van der Waals surface area contributed by atoms with Crippen LogP contribution in [0.5, 0.6) is 0 Å². The molecular weight excluding hydrogens is 114 g/mol. The molecule has 0 aliphatic carbocycles. The fraction of sp³-hybridized carbons (Fsp3) is 0. The van der Waals surface area contributed by atoms with Crippen LogP contribution in [0.1, 0.15) is 0 Å². The van der Waals surface area contributed by atoms with Crippen molar-refractivity contribution in [1.29, 1.82) is 5.26 Å². The third-order valence-electron chi connectivity index (χ3n) is 0.497. The number of nitriles is 1. The van der Waals surface area contributed by atoms with E-state index >= 15 is 0 Å². The maximum atomic E-state index is 7.51. The van der Waals surface area contributed by atoms with Gasteiger partial charge in [0.2, 0.25) is 0 Å². The lowest BCUT2D eigenvalue weighted by Gasteiger charge is -1.46. The number of nitrogens with zero attached hydrogens (tertiary/aromatic N) is 2. The van der Waals surface area contributed by atoms with E-state index in [9.17, 15) is 0 Å². The summed E-state index contributed by atoms with van der Waals surface area (Å²) in [6.45, 7) is 3.12. The van der Waals surface area contributed by atoms with Gasteiger partial charge in [0, 0.05) is 18.5 Å². The molecule has 0 radical (unpaired) electrons. The fourth-order valence-corrected chi connectivity index (χ4v) is 0.215. The van der Waals surface area contributed by atoms with Crippen LogP contribution in [0, 0.1) is 11.3 Å². The van der Waals surface area contributed by atoms with Crippen LogP contribution in [0.4, 0.5) is 0 Å². The van der Waals surface area contributed by atoms with Crippen LogP contribution >= 0.6 is 0 Å². The van der Waals surface area contributed by atoms with Crippen LogP contribution in [0.2, 0.25) is 0 Å². The molecule has 1 heterocycles. The van der Waals surface area contributed by atoms with Crippen molar-refractivity contribution in [2.45, 2.75) is 0 Å². The topological polar surface area (TPSA) is 52.5 Å². The van der Waals surface area contributed by atoms with E-state index < -0.39 is 0 Å². The first-order valence-electron chi connectivity index (χ1n) is 2.35. The van der Waals surface area contributed by atoms with Crippen LogP contribution in [0.15, 0.2) is 31.4 Å². The van der Waals surface area contributed by atoms with Crippen molar-refractivity contribution in [1.82, 2.24) is 9.97 Å². The molecule has 1 aromatic rings. The lowest BCUT2D eigenvalue weighted by molar-refractivity contribution is 1.31. The molecule has 0 spiro atoms. The van der Waals surface area contributed by atoms with Crippen molar-refractivity contribution >= 4 is 0 Å². The number of aromatic nitrogens is 2. The monoisotopic (exact) mass is 121 g/mol. The predicted octanol–water partition coefficient (Wildman–Crippen LogP) is 1.11. The minimum atomic E-state index is 1.18. The third kappa shape index (κ3) is 6.44. The Morgan fingerprint density at radius 1 is 1.78 bits per heavy atom. The van der Waals surface area contributed by atoms with Gasteiger partial charge in [0.25, 0.3) is 0 Å². The summed E-state index contributed by atoms with van der Waals surface area (Å²) < 4.78 is 0. The largest absolute Gasteiger partial charge is 0.351 e. The lowest BCUT2D eigenvalue weighted by Crippen LogP contribution is -1.44. The van der Waals surface area contributed by atoms with Gasteiger partial charge in [0.05, 0.1) is 12.4 Å². The summed E-state index contributed by atoms with van der Waals surface area (Å²) in [4.78, 5) is 6.42. The first kappa shape index (κ1) is 7.44. The van der Waals surface area contributed by atoms with Crippen LogP contribution in [-0.2, 0) is 0 Å². The number of hydrogen-bond acceptors (Lipinski definition) is 2. The molecule has 0 aliphatic heterocycles. The Morgan fingerprint density at radius 3 is 2.56 bits per heavy atom. The fourth-order valence-electron chi connectivity index (χ4n) is 0.215. The second-order valence-electron chi connectivity index (χ2n) is 1.09.